The number of ether oxygens (including phenoxy) is 1. The Labute approximate surface area is 150 Å². The van der Waals surface area contributed by atoms with E-state index >= 15 is 0 Å². The van der Waals surface area contributed by atoms with E-state index in [1.54, 1.807) is 13.3 Å². The Bertz CT molecular complexity index is 694. The van der Waals surface area contributed by atoms with Gasteiger partial charge in [-0.2, -0.15) is 0 Å². The highest BCUT2D eigenvalue weighted by Gasteiger charge is 2.28. The molecule has 0 aliphatic carbocycles. The summed E-state index contributed by atoms with van der Waals surface area (Å²) in [6, 6.07) is 4.45. The highest BCUT2D eigenvalue weighted by molar-refractivity contribution is 5.43. The number of methoxy groups -OCH3 is 1. The van der Waals surface area contributed by atoms with Crippen molar-refractivity contribution in [1.82, 2.24) is 14.5 Å². The summed E-state index contributed by atoms with van der Waals surface area (Å²) in [7, 11) is 3.67. The molecule has 1 unspecified atom stereocenters. The fraction of sp³-hybridized carbons (Fsp3) is 0.550. The SMILES string of the molecule is COc1c(C)cc(CN2CCC(C(O)c3nccn3C)CC2)cc1C. The van der Waals surface area contributed by atoms with Gasteiger partial charge in [-0.3, -0.25) is 4.90 Å². The molecule has 2 aromatic rings. The summed E-state index contributed by atoms with van der Waals surface area (Å²) < 4.78 is 7.37. The number of aryl methyl sites for hydroxylation is 3. The molecule has 0 saturated carbocycles. The molecule has 25 heavy (non-hydrogen) atoms. The van der Waals surface area contributed by atoms with Crippen LogP contribution >= 0.6 is 0 Å². The zero-order chi connectivity index (χ0) is 18.0. The van der Waals surface area contributed by atoms with E-state index in [1.165, 1.54) is 16.7 Å². The Kier molecular flexibility index (Phi) is 5.45. The van der Waals surface area contributed by atoms with E-state index in [2.05, 4.69) is 35.9 Å². The van der Waals surface area contributed by atoms with Crippen LogP contribution in [-0.2, 0) is 13.6 Å². The summed E-state index contributed by atoms with van der Waals surface area (Å²) in [5.74, 6) is 2.05. The minimum absolute atomic E-state index is 0.289. The van der Waals surface area contributed by atoms with Gasteiger partial charge < -0.3 is 14.4 Å². The molecule has 0 bridgehead atoms. The molecule has 1 aliphatic heterocycles. The third-order valence-corrected chi connectivity index (χ3v) is 5.33. The normalized spacial score (nSPS) is 17.6. The first-order valence-electron chi connectivity index (χ1n) is 9.01. The molecule has 5 nitrogen and oxygen atoms in total. The predicted octanol–water partition coefficient (Wildman–Crippen LogP) is 2.99. The van der Waals surface area contributed by atoms with Crippen LogP contribution in [0.3, 0.4) is 0 Å². The van der Waals surface area contributed by atoms with Gasteiger partial charge in [0, 0.05) is 26.0 Å². The highest BCUT2D eigenvalue weighted by Crippen LogP contribution is 2.31. The Morgan fingerprint density at radius 1 is 1.24 bits per heavy atom. The number of rotatable bonds is 5. The second kappa shape index (κ2) is 7.58. The average molecular weight is 343 g/mol. The number of aliphatic hydroxyl groups excluding tert-OH is 1. The van der Waals surface area contributed by atoms with Crippen LogP contribution in [0.1, 0.15) is 41.5 Å². The van der Waals surface area contributed by atoms with E-state index in [4.69, 9.17) is 4.74 Å². The lowest BCUT2D eigenvalue weighted by Gasteiger charge is -2.34. The molecule has 1 aromatic carbocycles. The van der Waals surface area contributed by atoms with Crippen LogP contribution in [0.2, 0.25) is 0 Å². The summed E-state index contributed by atoms with van der Waals surface area (Å²) >= 11 is 0. The van der Waals surface area contributed by atoms with E-state index in [0.29, 0.717) is 0 Å². The summed E-state index contributed by atoms with van der Waals surface area (Å²) in [4.78, 5) is 6.78. The maximum atomic E-state index is 10.6. The summed E-state index contributed by atoms with van der Waals surface area (Å²) in [6.07, 6.45) is 5.18. The van der Waals surface area contributed by atoms with Gasteiger partial charge in [0.05, 0.1) is 7.11 Å². The largest absolute Gasteiger partial charge is 0.496 e. The van der Waals surface area contributed by atoms with Crippen molar-refractivity contribution < 1.29 is 9.84 Å². The number of hydrogen-bond donors (Lipinski definition) is 1. The number of aromatic nitrogens is 2. The Morgan fingerprint density at radius 3 is 2.40 bits per heavy atom. The van der Waals surface area contributed by atoms with Crippen LogP contribution in [0.4, 0.5) is 0 Å². The van der Waals surface area contributed by atoms with Gasteiger partial charge in [-0.1, -0.05) is 12.1 Å². The van der Waals surface area contributed by atoms with Crippen molar-refractivity contribution >= 4 is 0 Å². The van der Waals surface area contributed by atoms with Crippen LogP contribution in [0, 0.1) is 19.8 Å². The lowest BCUT2D eigenvalue weighted by Crippen LogP contribution is -2.35. The molecule has 1 N–H and O–H groups in total. The average Bonchev–Trinajstić information content (AvgIpc) is 3.01. The van der Waals surface area contributed by atoms with Gasteiger partial charge in [-0.25, -0.2) is 4.98 Å². The maximum Gasteiger partial charge on any atom is 0.137 e. The van der Waals surface area contributed by atoms with Crippen molar-refractivity contribution in [2.45, 2.75) is 39.3 Å². The highest BCUT2D eigenvalue weighted by atomic mass is 16.5. The summed E-state index contributed by atoms with van der Waals surface area (Å²) in [5, 5.41) is 10.6. The molecule has 1 atom stereocenters. The number of aliphatic hydroxyl groups is 1. The Morgan fingerprint density at radius 2 is 1.88 bits per heavy atom. The minimum atomic E-state index is -0.465. The second-order valence-corrected chi connectivity index (χ2v) is 7.22. The van der Waals surface area contributed by atoms with Gasteiger partial charge in [0.2, 0.25) is 0 Å². The van der Waals surface area contributed by atoms with Crippen LogP contribution in [0.5, 0.6) is 5.75 Å². The Hall–Kier alpha value is -1.85. The van der Waals surface area contributed by atoms with Crippen molar-refractivity contribution in [3.8, 4) is 5.75 Å². The van der Waals surface area contributed by atoms with Crippen LogP contribution < -0.4 is 4.74 Å². The van der Waals surface area contributed by atoms with Crippen molar-refractivity contribution in [3.63, 3.8) is 0 Å². The number of likely N-dealkylation sites (tertiary alicyclic amines) is 1. The lowest BCUT2D eigenvalue weighted by atomic mass is 9.90. The van der Waals surface area contributed by atoms with Gasteiger partial charge in [-0.05, 0) is 62.4 Å². The summed E-state index contributed by atoms with van der Waals surface area (Å²) in [6.45, 7) is 7.18. The van der Waals surface area contributed by atoms with Crippen molar-refractivity contribution in [2.24, 2.45) is 13.0 Å². The molecule has 1 aliphatic rings. The minimum Gasteiger partial charge on any atom is -0.496 e. The molecule has 1 aromatic heterocycles. The van der Waals surface area contributed by atoms with Gasteiger partial charge in [0.25, 0.3) is 0 Å². The molecule has 136 valence electrons. The van der Waals surface area contributed by atoms with Crippen molar-refractivity contribution in [2.75, 3.05) is 20.2 Å². The number of benzene rings is 1. The summed E-state index contributed by atoms with van der Waals surface area (Å²) in [5.41, 5.74) is 3.72. The quantitative estimate of drug-likeness (QED) is 0.907. The van der Waals surface area contributed by atoms with E-state index in [1.807, 2.05) is 17.8 Å². The van der Waals surface area contributed by atoms with Gasteiger partial charge in [-0.15, -0.1) is 0 Å². The standard InChI is InChI=1S/C20H29N3O2/c1-14-11-16(12-15(2)19(14)25-4)13-23-8-5-17(6-9-23)18(24)20-21-7-10-22(20)3/h7,10-12,17-18,24H,5-6,8-9,13H2,1-4H3. The van der Waals surface area contributed by atoms with E-state index in [9.17, 15) is 5.11 Å². The first-order chi connectivity index (χ1) is 12.0. The third kappa shape index (κ3) is 3.88. The first kappa shape index (κ1) is 18.0. The van der Waals surface area contributed by atoms with Crippen LogP contribution in [0.15, 0.2) is 24.5 Å². The molecule has 0 amide bonds. The van der Waals surface area contributed by atoms with Crippen LogP contribution in [0.25, 0.3) is 0 Å². The van der Waals surface area contributed by atoms with Gasteiger partial charge in [0.1, 0.15) is 17.7 Å². The Balaban J connectivity index is 1.59. The monoisotopic (exact) mass is 343 g/mol. The smallest absolute Gasteiger partial charge is 0.137 e. The van der Waals surface area contributed by atoms with E-state index < -0.39 is 6.10 Å². The number of hydrogen-bond acceptors (Lipinski definition) is 4. The molecule has 5 heteroatoms. The molecule has 3 rings (SSSR count). The first-order valence-corrected chi connectivity index (χ1v) is 9.01. The van der Waals surface area contributed by atoms with E-state index in [-0.39, 0.29) is 5.92 Å². The second-order valence-electron chi connectivity index (χ2n) is 7.22. The molecular weight excluding hydrogens is 314 g/mol. The predicted molar refractivity (Wildman–Crippen MR) is 98.6 cm³/mol. The van der Waals surface area contributed by atoms with Crippen molar-refractivity contribution in [1.29, 1.82) is 0 Å². The zero-order valence-electron chi connectivity index (χ0n) is 15.7. The topological polar surface area (TPSA) is 50.5 Å². The molecule has 1 fully saturated rings. The van der Waals surface area contributed by atoms with E-state index in [0.717, 1.165) is 44.0 Å². The van der Waals surface area contributed by atoms with Gasteiger partial charge in [0.15, 0.2) is 0 Å². The molecule has 1 saturated heterocycles. The molecule has 0 radical (unpaired) electrons. The molecule has 0 spiro atoms. The molecule has 2 heterocycles. The maximum absolute atomic E-state index is 10.6. The zero-order valence-corrected chi connectivity index (χ0v) is 15.7. The fourth-order valence-electron chi connectivity index (χ4n) is 4.01. The fourth-order valence-corrected chi connectivity index (χ4v) is 4.01. The number of piperidine rings is 1. The third-order valence-electron chi connectivity index (χ3n) is 5.33. The van der Waals surface area contributed by atoms with Crippen LogP contribution in [-0.4, -0.2) is 39.8 Å². The van der Waals surface area contributed by atoms with Gasteiger partial charge >= 0.3 is 0 Å². The number of nitrogens with zero attached hydrogens (tertiary/aromatic N) is 3. The lowest BCUT2D eigenvalue weighted by molar-refractivity contribution is 0.0492. The van der Waals surface area contributed by atoms with Crippen molar-refractivity contribution in [3.05, 3.63) is 47.0 Å². The number of imidazole rings is 1. The molecular formula is C20H29N3O2.